The van der Waals surface area contributed by atoms with E-state index in [0.717, 1.165) is 18.4 Å². The molecule has 5 nitrogen and oxygen atoms in total. The van der Waals surface area contributed by atoms with Gasteiger partial charge in [0.15, 0.2) is 5.78 Å². The van der Waals surface area contributed by atoms with Crippen LogP contribution in [0.25, 0.3) is 0 Å². The number of allylic oxidation sites excluding steroid dienone is 3. The standard InChI is InChI=1S/C22H19Cl2NO4/c1-11-16(26)7-9-21(2)8-6-12-19(18(11)21)28-20(27)22(12)10-15(25-29-22)17-13(23)4-3-5-14(17)24/h3-5,7,9,12,19H,6,8,10H2,1-2H3/t12-,19+,21+,22+/m1/s1. The molecule has 5 rings (SSSR count). The number of nitrogens with zero attached hydrogens (tertiary/aromatic N) is 1. The molecule has 0 amide bonds. The van der Waals surface area contributed by atoms with Gasteiger partial charge in [0, 0.05) is 23.0 Å². The van der Waals surface area contributed by atoms with E-state index < -0.39 is 17.7 Å². The number of benzene rings is 1. The van der Waals surface area contributed by atoms with E-state index in [1.54, 1.807) is 24.3 Å². The van der Waals surface area contributed by atoms with E-state index in [2.05, 4.69) is 12.1 Å². The second-order valence-corrected chi connectivity index (χ2v) is 9.23. The zero-order chi connectivity index (χ0) is 20.6. The maximum Gasteiger partial charge on any atom is 0.354 e. The van der Waals surface area contributed by atoms with Gasteiger partial charge in [-0.05, 0) is 43.5 Å². The second-order valence-electron chi connectivity index (χ2n) is 8.42. The Hall–Kier alpha value is -2.11. The first-order valence-electron chi connectivity index (χ1n) is 9.62. The number of esters is 1. The summed E-state index contributed by atoms with van der Waals surface area (Å²) in [6.07, 6.45) is 4.83. The summed E-state index contributed by atoms with van der Waals surface area (Å²) in [4.78, 5) is 31.2. The van der Waals surface area contributed by atoms with Crippen molar-refractivity contribution in [1.82, 2.24) is 0 Å². The van der Waals surface area contributed by atoms with E-state index >= 15 is 0 Å². The van der Waals surface area contributed by atoms with E-state index in [0.29, 0.717) is 26.9 Å². The topological polar surface area (TPSA) is 65.0 Å². The number of carbonyl (C=O) groups excluding carboxylic acids is 2. The van der Waals surface area contributed by atoms with Crippen LogP contribution in [-0.2, 0) is 19.2 Å². The number of carbonyl (C=O) groups is 2. The Morgan fingerprint density at radius 3 is 2.66 bits per heavy atom. The van der Waals surface area contributed by atoms with Crippen molar-refractivity contribution in [3.05, 3.63) is 57.1 Å². The highest BCUT2D eigenvalue weighted by Crippen LogP contribution is 2.57. The van der Waals surface area contributed by atoms with Crippen LogP contribution in [0.5, 0.6) is 0 Å². The number of ketones is 1. The first-order valence-corrected chi connectivity index (χ1v) is 10.4. The van der Waals surface area contributed by atoms with Crippen molar-refractivity contribution in [2.45, 2.75) is 44.8 Å². The molecule has 1 spiro atoms. The monoisotopic (exact) mass is 431 g/mol. The van der Waals surface area contributed by atoms with Crippen molar-refractivity contribution in [1.29, 1.82) is 0 Å². The molecule has 29 heavy (non-hydrogen) atoms. The summed E-state index contributed by atoms with van der Waals surface area (Å²) >= 11 is 12.7. The third-order valence-electron chi connectivity index (χ3n) is 6.79. The zero-order valence-corrected chi connectivity index (χ0v) is 17.5. The molecule has 1 aromatic carbocycles. The van der Waals surface area contributed by atoms with Gasteiger partial charge in [-0.25, -0.2) is 4.79 Å². The van der Waals surface area contributed by atoms with Crippen molar-refractivity contribution in [2.24, 2.45) is 16.5 Å². The van der Waals surface area contributed by atoms with Gasteiger partial charge in [-0.1, -0.05) is 47.4 Å². The minimum Gasteiger partial charge on any atom is -0.454 e. The van der Waals surface area contributed by atoms with Crippen molar-refractivity contribution in [3.8, 4) is 0 Å². The van der Waals surface area contributed by atoms with Crippen LogP contribution >= 0.6 is 23.2 Å². The highest BCUT2D eigenvalue weighted by atomic mass is 35.5. The highest BCUT2D eigenvalue weighted by Gasteiger charge is 2.66. The van der Waals surface area contributed by atoms with Crippen molar-refractivity contribution in [2.75, 3.05) is 0 Å². The largest absolute Gasteiger partial charge is 0.454 e. The Bertz CT molecular complexity index is 1040. The smallest absolute Gasteiger partial charge is 0.354 e. The van der Waals surface area contributed by atoms with Gasteiger partial charge >= 0.3 is 5.97 Å². The number of halogens is 2. The SMILES string of the molecule is CC1=C2[C@H]3OC(=O)[C@]4(CC(c5c(Cl)cccc5Cl)=NO4)[C@@H]3CC[C@@]2(C)C=CC1=O. The number of fused-ring (bicyclic) bond motifs is 4. The molecule has 0 aromatic heterocycles. The average molecular weight is 432 g/mol. The lowest BCUT2D eigenvalue weighted by Gasteiger charge is -2.43. The van der Waals surface area contributed by atoms with Crippen molar-refractivity contribution >= 4 is 40.7 Å². The molecule has 4 aliphatic rings. The third-order valence-corrected chi connectivity index (χ3v) is 7.42. The molecular formula is C22H19Cl2NO4. The predicted molar refractivity (Wildman–Crippen MR) is 109 cm³/mol. The molecule has 150 valence electrons. The molecule has 0 unspecified atom stereocenters. The minimum absolute atomic E-state index is 0.0396. The lowest BCUT2D eigenvalue weighted by atomic mass is 9.60. The van der Waals surface area contributed by atoms with E-state index in [-0.39, 0.29) is 23.5 Å². The summed E-state index contributed by atoms with van der Waals surface area (Å²) in [6, 6.07) is 5.21. The van der Waals surface area contributed by atoms with Gasteiger partial charge in [-0.3, -0.25) is 4.79 Å². The Balaban J connectivity index is 1.53. The summed E-state index contributed by atoms with van der Waals surface area (Å²) in [5.74, 6) is -0.710. The summed E-state index contributed by atoms with van der Waals surface area (Å²) in [5, 5.41) is 5.12. The van der Waals surface area contributed by atoms with Crippen LogP contribution in [0, 0.1) is 11.3 Å². The number of rotatable bonds is 1. The van der Waals surface area contributed by atoms with E-state index in [1.807, 2.05) is 13.0 Å². The summed E-state index contributed by atoms with van der Waals surface area (Å²) in [5.41, 5.74) is 1.16. The Morgan fingerprint density at radius 2 is 1.93 bits per heavy atom. The van der Waals surface area contributed by atoms with E-state index in [4.69, 9.17) is 32.8 Å². The fraction of sp³-hybridized carbons (Fsp3) is 0.409. The predicted octanol–water partition coefficient (Wildman–Crippen LogP) is 4.65. The Morgan fingerprint density at radius 1 is 1.21 bits per heavy atom. The van der Waals surface area contributed by atoms with Crippen LogP contribution < -0.4 is 0 Å². The molecule has 1 aromatic rings. The van der Waals surface area contributed by atoms with Crippen LogP contribution in [0.3, 0.4) is 0 Å². The lowest BCUT2D eigenvalue weighted by Crippen LogP contribution is -2.47. The number of hydrogen-bond acceptors (Lipinski definition) is 5. The summed E-state index contributed by atoms with van der Waals surface area (Å²) in [7, 11) is 0. The highest BCUT2D eigenvalue weighted by molar-refractivity contribution is 6.40. The molecule has 2 heterocycles. The van der Waals surface area contributed by atoms with Crippen molar-refractivity contribution < 1.29 is 19.2 Å². The first-order chi connectivity index (χ1) is 13.8. The van der Waals surface area contributed by atoms with Gasteiger partial charge in [0.2, 0.25) is 5.60 Å². The lowest BCUT2D eigenvalue weighted by molar-refractivity contribution is -0.158. The fourth-order valence-electron chi connectivity index (χ4n) is 5.25. The van der Waals surface area contributed by atoms with Gasteiger partial charge in [0.05, 0.1) is 21.7 Å². The molecule has 2 aliphatic heterocycles. The minimum atomic E-state index is -1.21. The molecule has 1 saturated heterocycles. The van der Waals surface area contributed by atoms with Gasteiger partial charge in [0.25, 0.3) is 0 Å². The Kier molecular flexibility index (Phi) is 4.03. The van der Waals surface area contributed by atoms with Crippen LogP contribution in [0.2, 0.25) is 10.0 Å². The normalized spacial score (nSPS) is 35.4. The molecule has 0 radical (unpaired) electrons. The van der Waals surface area contributed by atoms with Gasteiger partial charge < -0.3 is 9.57 Å². The molecule has 1 saturated carbocycles. The van der Waals surface area contributed by atoms with Gasteiger partial charge in [-0.2, -0.15) is 0 Å². The molecule has 0 bridgehead atoms. The molecule has 2 aliphatic carbocycles. The quantitative estimate of drug-likeness (QED) is 0.606. The maximum atomic E-state index is 13.1. The van der Waals surface area contributed by atoms with Crippen LogP contribution in [0.4, 0.5) is 0 Å². The van der Waals surface area contributed by atoms with Crippen molar-refractivity contribution in [3.63, 3.8) is 0 Å². The van der Waals surface area contributed by atoms with Gasteiger partial charge in [-0.15, -0.1) is 0 Å². The Labute approximate surface area is 178 Å². The third kappa shape index (κ3) is 2.50. The first kappa shape index (κ1) is 18.9. The summed E-state index contributed by atoms with van der Waals surface area (Å²) in [6.45, 7) is 3.90. The average Bonchev–Trinajstić information content (AvgIpc) is 3.21. The van der Waals surface area contributed by atoms with Gasteiger partial charge in [0.1, 0.15) is 6.10 Å². The fourth-order valence-corrected chi connectivity index (χ4v) is 5.87. The van der Waals surface area contributed by atoms with E-state index in [9.17, 15) is 9.59 Å². The van der Waals surface area contributed by atoms with Crippen LogP contribution in [0.15, 0.2) is 46.7 Å². The summed E-state index contributed by atoms with van der Waals surface area (Å²) < 4.78 is 5.85. The molecular weight excluding hydrogens is 413 g/mol. The van der Waals surface area contributed by atoms with E-state index in [1.165, 1.54) is 0 Å². The number of hydrogen-bond donors (Lipinski definition) is 0. The molecule has 7 heteroatoms. The zero-order valence-electron chi connectivity index (χ0n) is 16.0. The second kappa shape index (κ2) is 6.19. The molecule has 4 atom stereocenters. The van der Waals surface area contributed by atoms with Crippen LogP contribution in [-0.4, -0.2) is 29.2 Å². The molecule has 2 fully saturated rings. The number of oxime groups is 1. The van der Waals surface area contributed by atoms with Crippen LogP contribution in [0.1, 0.15) is 38.7 Å². The molecule has 0 N–H and O–H groups in total. The number of ether oxygens (including phenoxy) is 1. The maximum absolute atomic E-state index is 13.1.